The molecule has 5 heteroatoms. The van der Waals surface area contributed by atoms with Crippen molar-refractivity contribution in [3.63, 3.8) is 0 Å². The van der Waals surface area contributed by atoms with Gasteiger partial charge in [0.15, 0.2) is 0 Å². The lowest BCUT2D eigenvalue weighted by atomic mass is 10.1. The molecule has 1 atom stereocenters. The molecule has 0 aliphatic heterocycles. The molecule has 1 heterocycles. The summed E-state index contributed by atoms with van der Waals surface area (Å²) in [4.78, 5) is 4.20. The molecule has 3 rings (SSSR count). The zero-order valence-electron chi connectivity index (χ0n) is 10.4. The van der Waals surface area contributed by atoms with E-state index in [9.17, 15) is 8.78 Å². The van der Waals surface area contributed by atoms with Gasteiger partial charge in [-0.1, -0.05) is 18.2 Å². The van der Waals surface area contributed by atoms with E-state index in [-0.39, 0.29) is 6.42 Å². The minimum atomic E-state index is -2.67. The number of hydrogen-bond donors (Lipinski definition) is 2. The first-order chi connectivity index (χ1) is 9.08. The van der Waals surface area contributed by atoms with E-state index in [2.05, 4.69) is 10.3 Å². The Hall–Kier alpha value is -1.91. The van der Waals surface area contributed by atoms with Crippen LogP contribution in [0.4, 0.5) is 20.2 Å². The normalized spacial score (nSPS) is 21.7. The summed E-state index contributed by atoms with van der Waals surface area (Å²) >= 11 is 0. The summed E-state index contributed by atoms with van der Waals surface area (Å²) in [6, 6.07) is 6.54. The van der Waals surface area contributed by atoms with Gasteiger partial charge in [-0.2, -0.15) is 0 Å². The third kappa shape index (κ3) is 2.09. The standard InChI is InChI=1S/C14H15F2N3/c15-14(16)7-3-6-12(14)19-13-9-4-1-2-5-11(9)18-8-10(13)17/h1-2,4-5,8,12H,3,6-7,17H2,(H,18,19). The maximum absolute atomic E-state index is 13.7. The number of halogens is 2. The summed E-state index contributed by atoms with van der Waals surface area (Å²) in [7, 11) is 0. The number of fused-ring (bicyclic) bond motifs is 1. The van der Waals surface area contributed by atoms with Gasteiger partial charge in [0.1, 0.15) is 0 Å². The van der Waals surface area contributed by atoms with Crippen molar-refractivity contribution in [1.29, 1.82) is 0 Å². The predicted octanol–water partition coefficient (Wildman–Crippen LogP) is 3.42. The molecule has 1 saturated carbocycles. The van der Waals surface area contributed by atoms with Gasteiger partial charge in [-0.25, -0.2) is 8.78 Å². The van der Waals surface area contributed by atoms with Crippen molar-refractivity contribution in [1.82, 2.24) is 4.98 Å². The van der Waals surface area contributed by atoms with Gasteiger partial charge >= 0.3 is 0 Å². The molecule has 0 amide bonds. The van der Waals surface area contributed by atoms with Crippen molar-refractivity contribution in [3.05, 3.63) is 30.5 Å². The molecule has 1 aromatic heterocycles. The van der Waals surface area contributed by atoms with Crippen LogP contribution >= 0.6 is 0 Å². The van der Waals surface area contributed by atoms with Crippen LogP contribution in [0.25, 0.3) is 10.9 Å². The fraction of sp³-hybridized carbons (Fsp3) is 0.357. The van der Waals surface area contributed by atoms with E-state index >= 15 is 0 Å². The fourth-order valence-corrected chi connectivity index (χ4v) is 2.60. The summed E-state index contributed by atoms with van der Waals surface area (Å²) in [5.41, 5.74) is 7.60. The first kappa shape index (κ1) is 12.1. The molecule has 0 radical (unpaired) electrons. The molecule has 0 bridgehead atoms. The number of aromatic nitrogens is 1. The Bertz CT molecular complexity index is 613. The van der Waals surface area contributed by atoms with E-state index in [4.69, 9.17) is 5.73 Å². The van der Waals surface area contributed by atoms with Gasteiger partial charge in [0.2, 0.25) is 0 Å². The predicted molar refractivity (Wildman–Crippen MR) is 72.4 cm³/mol. The SMILES string of the molecule is Nc1cnc2ccccc2c1NC1CCCC1(F)F. The Morgan fingerprint density at radius 1 is 1.32 bits per heavy atom. The number of para-hydroxylation sites is 1. The Labute approximate surface area is 109 Å². The van der Waals surface area contributed by atoms with Gasteiger partial charge in [-0.3, -0.25) is 4.98 Å². The summed E-state index contributed by atoms with van der Waals surface area (Å²) in [6.07, 6.45) is 2.45. The van der Waals surface area contributed by atoms with Gasteiger partial charge in [-0.15, -0.1) is 0 Å². The average Bonchev–Trinajstić information content (AvgIpc) is 2.72. The van der Waals surface area contributed by atoms with Crippen LogP contribution < -0.4 is 11.1 Å². The molecule has 19 heavy (non-hydrogen) atoms. The lowest BCUT2D eigenvalue weighted by Gasteiger charge is -2.23. The van der Waals surface area contributed by atoms with E-state index in [1.165, 1.54) is 6.20 Å². The molecule has 0 spiro atoms. The molecule has 100 valence electrons. The zero-order valence-corrected chi connectivity index (χ0v) is 10.4. The van der Waals surface area contributed by atoms with Gasteiger partial charge < -0.3 is 11.1 Å². The van der Waals surface area contributed by atoms with Crippen molar-refractivity contribution in [2.24, 2.45) is 0 Å². The number of rotatable bonds is 2. The van der Waals surface area contributed by atoms with E-state index in [0.717, 1.165) is 10.9 Å². The molecule has 1 unspecified atom stereocenters. The summed E-state index contributed by atoms with van der Waals surface area (Å²) < 4.78 is 27.4. The number of nitrogens with zero attached hydrogens (tertiary/aromatic N) is 1. The zero-order chi connectivity index (χ0) is 13.5. The maximum atomic E-state index is 13.7. The molecule has 1 aliphatic rings. The van der Waals surface area contributed by atoms with Crippen LogP contribution in [0.2, 0.25) is 0 Å². The van der Waals surface area contributed by atoms with Gasteiger partial charge in [-0.05, 0) is 18.9 Å². The molecule has 3 N–H and O–H groups in total. The number of nitrogens with one attached hydrogen (secondary N) is 1. The summed E-state index contributed by atoms with van der Waals surface area (Å²) in [5, 5.41) is 3.71. The van der Waals surface area contributed by atoms with E-state index in [0.29, 0.717) is 24.2 Å². The number of benzene rings is 1. The topological polar surface area (TPSA) is 50.9 Å². The van der Waals surface area contributed by atoms with E-state index < -0.39 is 12.0 Å². The molecule has 1 aliphatic carbocycles. The smallest absolute Gasteiger partial charge is 0.267 e. The largest absolute Gasteiger partial charge is 0.396 e. The molecule has 3 nitrogen and oxygen atoms in total. The Kier molecular flexibility index (Phi) is 2.77. The fourth-order valence-electron chi connectivity index (χ4n) is 2.60. The third-order valence-corrected chi connectivity index (χ3v) is 3.64. The minimum absolute atomic E-state index is 0.0619. The van der Waals surface area contributed by atoms with Crippen LogP contribution in [0.1, 0.15) is 19.3 Å². The molecule has 0 saturated heterocycles. The van der Waals surface area contributed by atoms with Crippen LogP contribution in [0, 0.1) is 0 Å². The van der Waals surface area contributed by atoms with Crippen molar-refractivity contribution in [3.8, 4) is 0 Å². The number of nitrogens with two attached hydrogens (primary N) is 1. The number of pyridine rings is 1. The molecule has 1 fully saturated rings. The quantitative estimate of drug-likeness (QED) is 0.873. The summed E-state index contributed by atoms with van der Waals surface area (Å²) in [6.45, 7) is 0. The van der Waals surface area contributed by atoms with Crippen molar-refractivity contribution in [2.45, 2.75) is 31.2 Å². The average molecular weight is 263 g/mol. The highest BCUT2D eigenvalue weighted by atomic mass is 19.3. The Balaban J connectivity index is 2.03. The monoisotopic (exact) mass is 263 g/mol. The van der Waals surface area contributed by atoms with Crippen LogP contribution in [0.3, 0.4) is 0 Å². The second-order valence-corrected chi connectivity index (χ2v) is 4.96. The Morgan fingerprint density at radius 2 is 2.11 bits per heavy atom. The highest BCUT2D eigenvalue weighted by Crippen LogP contribution is 2.39. The molecular weight excluding hydrogens is 248 g/mol. The van der Waals surface area contributed by atoms with Crippen molar-refractivity contribution < 1.29 is 8.78 Å². The number of nitrogen functional groups attached to an aromatic ring is 1. The highest BCUT2D eigenvalue weighted by Gasteiger charge is 2.44. The molecule has 1 aromatic carbocycles. The van der Waals surface area contributed by atoms with Crippen LogP contribution in [0.5, 0.6) is 0 Å². The minimum Gasteiger partial charge on any atom is -0.396 e. The second-order valence-electron chi connectivity index (χ2n) is 4.96. The maximum Gasteiger partial charge on any atom is 0.267 e. The summed E-state index contributed by atoms with van der Waals surface area (Å²) in [5.74, 6) is -2.67. The van der Waals surface area contributed by atoms with Gasteiger partial charge in [0, 0.05) is 11.8 Å². The lowest BCUT2D eigenvalue weighted by Crippen LogP contribution is -2.34. The van der Waals surface area contributed by atoms with E-state index in [1.807, 2.05) is 24.3 Å². The van der Waals surface area contributed by atoms with E-state index in [1.54, 1.807) is 0 Å². The van der Waals surface area contributed by atoms with Crippen molar-refractivity contribution >= 4 is 22.3 Å². The molecule has 2 aromatic rings. The van der Waals surface area contributed by atoms with Crippen LogP contribution in [-0.4, -0.2) is 16.9 Å². The second kappa shape index (κ2) is 4.33. The third-order valence-electron chi connectivity index (χ3n) is 3.64. The van der Waals surface area contributed by atoms with Gasteiger partial charge in [0.05, 0.1) is 29.1 Å². The highest BCUT2D eigenvalue weighted by molar-refractivity contribution is 5.97. The van der Waals surface area contributed by atoms with Crippen LogP contribution in [0.15, 0.2) is 30.5 Å². The van der Waals surface area contributed by atoms with Crippen LogP contribution in [-0.2, 0) is 0 Å². The number of alkyl halides is 2. The first-order valence-electron chi connectivity index (χ1n) is 6.35. The lowest BCUT2D eigenvalue weighted by molar-refractivity contribution is -0.000529. The molecular formula is C14H15F2N3. The van der Waals surface area contributed by atoms with Crippen molar-refractivity contribution in [2.75, 3.05) is 11.1 Å². The first-order valence-corrected chi connectivity index (χ1v) is 6.35. The number of anilines is 2. The Morgan fingerprint density at radius 3 is 2.84 bits per heavy atom. The van der Waals surface area contributed by atoms with Gasteiger partial charge in [0.25, 0.3) is 5.92 Å². The number of hydrogen-bond acceptors (Lipinski definition) is 3.